The SMILES string of the molecule is CC#N.CC#N.CC#N.[C-]#[O+].[C-]#[O+].[Cl][Re]. The molecule has 0 fully saturated rings. The van der Waals surface area contributed by atoms with E-state index in [1.165, 1.54) is 39.0 Å². The van der Waals surface area contributed by atoms with E-state index in [4.69, 9.17) is 34.6 Å². The summed E-state index contributed by atoms with van der Waals surface area (Å²) in [6, 6.07) is 5.25. The Morgan fingerprint density at radius 1 is 0.800 bits per heavy atom. The van der Waals surface area contributed by atoms with Crippen LogP contribution in [-0.4, -0.2) is 0 Å². The molecular weight excluding hydrogens is 392 g/mol. The Balaban J connectivity index is -0.0000000164. The molecule has 0 spiro atoms. The van der Waals surface area contributed by atoms with Crippen molar-refractivity contribution in [2.45, 2.75) is 20.8 Å². The molecule has 0 aliphatic rings. The van der Waals surface area contributed by atoms with Crippen LogP contribution in [0.3, 0.4) is 0 Å². The zero-order valence-electron chi connectivity index (χ0n) is 8.41. The van der Waals surface area contributed by atoms with Crippen molar-refractivity contribution in [1.29, 1.82) is 15.8 Å². The van der Waals surface area contributed by atoms with Gasteiger partial charge in [-0.25, -0.2) is 0 Å². The third-order valence-corrected chi connectivity index (χ3v) is 0. The molecule has 0 aliphatic heterocycles. The summed E-state index contributed by atoms with van der Waals surface area (Å²) in [5.74, 6) is 0. The van der Waals surface area contributed by atoms with Gasteiger partial charge in [0.05, 0.1) is 18.2 Å². The van der Waals surface area contributed by atoms with Gasteiger partial charge >= 0.3 is 50.3 Å². The van der Waals surface area contributed by atoms with E-state index in [0.29, 0.717) is 0 Å². The third-order valence-electron chi connectivity index (χ3n) is 0. The summed E-state index contributed by atoms with van der Waals surface area (Å²) in [5.41, 5.74) is 0. The summed E-state index contributed by atoms with van der Waals surface area (Å²) < 4.78 is 15.0. The molecule has 0 amide bonds. The zero-order chi connectivity index (χ0) is 14.1. The average molecular weight is 401 g/mol. The Morgan fingerprint density at radius 2 is 0.800 bits per heavy atom. The van der Waals surface area contributed by atoms with Crippen LogP contribution in [-0.2, 0) is 27.5 Å². The minimum atomic E-state index is 1.19. The molecule has 0 atom stereocenters. The number of halogens is 1. The van der Waals surface area contributed by atoms with Gasteiger partial charge in [0.1, 0.15) is 0 Å². The van der Waals surface area contributed by atoms with E-state index in [2.05, 4.69) is 13.3 Å². The van der Waals surface area contributed by atoms with Crippen LogP contribution in [0.25, 0.3) is 0 Å². The van der Waals surface area contributed by atoms with Crippen molar-refractivity contribution in [2.24, 2.45) is 0 Å². The molecule has 0 rings (SSSR count). The number of hydrogen-bond acceptors (Lipinski definition) is 3. The number of rotatable bonds is 0. The van der Waals surface area contributed by atoms with Gasteiger partial charge in [-0.2, -0.15) is 15.8 Å². The molecule has 15 heavy (non-hydrogen) atoms. The fourth-order valence-electron chi connectivity index (χ4n) is 0. The van der Waals surface area contributed by atoms with Crippen molar-refractivity contribution in [3.05, 3.63) is 13.3 Å². The molecule has 0 aromatic heterocycles. The Hall–Kier alpha value is -1.10. The molecule has 0 radical (unpaired) electrons. The third kappa shape index (κ3) is 1270. The maximum absolute atomic E-state index is 7.50. The van der Waals surface area contributed by atoms with Crippen LogP contribution in [0.4, 0.5) is 0 Å². The molecule has 0 saturated heterocycles. The van der Waals surface area contributed by atoms with E-state index < -0.39 is 0 Å². The van der Waals surface area contributed by atoms with Gasteiger partial charge in [-0.1, -0.05) is 0 Å². The fourth-order valence-corrected chi connectivity index (χ4v) is 0. The standard InChI is InChI=1S/3C2H3N.2CO.ClH.Re/c3*1-2-3;2*1-2;;/h3*1H3;;;1H;/q;;;;;;+1/p-1. The molecule has 0 saturated carbocycles. The maximum atomic E-state index is 7.50. The van der Waals surface area contributed by atoms with E-state index in [1.54, 1.807) is 18.2 Å². The van der Waals surface area contributed by atoms with Crippen LogP contribution in [0.1, 0.15) is 20.8 Å². The van der Waals surface area contributed by atoms with Crippen molar-refractivity contribution in [2.75, 3.05) is 0 Å². The summed E-state index contributed by atoms with van der Waals surface area (Å²) in [4.78, 5) is 0. The molecule has 0 bridgehead atoms. The molecule has 0 aromatic rings. The first-order valence-corrected chi connectivity index (χ1v) is 6.09. The minimum absolute atomic E-state index is 1.19. The quantitative estimate of drug-likeness (QED) is 0.459. The van der Waals surface area contributed by atoms with Gasteiger partial charge in [-0.15, -0.1) is 0 Å². The normalized spacial score (nSPS) is 2.27. The van der Waals surface area contributed by atoms with Crippen LogP contribution < -0.4 is 0 Å². The second-order valence-corrected chi connectivity index (χ2v) is 0.671. The second-order valence-electron chi connectivity index (χ2n) is 0.671. The number of hydrogen-bond donors (Lipinski definition) is 0. The van der Waals surface area contributed by atoms with Crippen molar-refractivity contribution >= 4 is 9.53 Å². The van der Waals surface area contributed by atoms with Gasteiger partial charge < -0.3 is 0 Å². The topological polar surface area (TPSA) is 111 Å². The van der Waals surface area contributed by atoms with Crippen LogP contribution in [0.15, 0.2) is 0 Å². The molecular formula is C8H9ClN3O2Re. The van der Waals surface area contributed by atoms with Gasteiger partial charge in [-0.05, 0) is 0 Å². The zero-order valence-corrected chi connectivity index (χ0v) is 11.9. The molecule has 0 aromatic carbocycles. The van der Waals surface area contributed by atoms with Crippen LogP contribution in [0.5, 0.6) is 0 Å². The van der Waals surface area contributed by atoms with E-state index in [-0.39, 0.29) is 0 Å². The Labute approximate surface area is 105 Å². The van der Waals surface area contributed by atoms with Gasteiger partial charge in [0.15, 0.2) is 0 Å². The van der Waals surface area contributed by atoms with E-state index in [1.807, 2.05) is 0 Å². The number of nitrogens with zero attached hydrogens (tertiary/aromatic N) is 3. The number of nitriles is 3. The van der Waals surface area contributed by atoms with Crippen molar-refractivity contribution in [3.8, 4) is 18.2 Å². The Morgan fingerprint density at radius 3 is 0.800 bits per heavy atom. The first-order chi connectivity index (χ1) is 7.24. The summed E-state index contributed by atoms with van der Waals surface area (Å²) in [7, 11) is 4.69. The summed E-state index contributed by atoms with van der Waals surface area (Å²) >= 11 is 1.19. The summed E-state index contributed by atoms with van der Waals surface area (Å²) in [5, 5.41) is 22.0. The predicted molar refractivity (Wildman–Crippen MR) is 47.6 cm³/mol. The molecule has 0 unspecified atom stereocenters. The predicted octanol–water partition coefficient (Wildman–Crippen LogP) is 2.20. The van der Waals surface area contributed by atoms with Gasteiger partial charge in [-0.3, -0.25) is 0 Å². The molecule has 0 aliphatic carbocycles. The second kappa shape index (κ2) is 505. The Bertz CT molecular complexity index is 175. The van der Waals surface area contributed by atoms with E-state index in [9.17, 15) is 0 Å². The molecule has 7 heteroatoms. The van der Waals surface area contributed by atoms with E-state index in [0.717, 1.165) is 0 Å². The summed E-state index contributed by atoms with van der Waals surface area (Å²) in [6.07, 6.45) is 0. The molecule has 0 heterocycles. The van der Waals surface area contributed by atoms with Crippen LogP contribution in [0.2, 0.25) is 0 Å². The molecule has 82 valence electrons. The van der Waals surface area contributed by atoms with E-state index >= 15 is 0 Å². The Kier molecular flexibility index (Phi) is 1250. The van der Waals surface area contributed by atoms with Gasteiger partial charge in [0, 0.05) is 20.8 Å². The van der Waals surface area contributed by atoms with Crippen molar-refractivity contribution in [1.82, 2.24) is 0 Å². The van der Waals surface area contributed by atoms with Gasteiger partial charge in [0.25, 0.3) is 0 Å². The van der Waals surface area contributed by atoms with Crippen LogP contribution in [0, 0.1) is 47.3 Å². The van der Waals surface area contributed by atoms with Crippen molar-refractivity contribution < 1.29 is 27.5 Å². The average Bonchev–Trinajstić information content (AvgIpc) is 2.29. The molecule has 5 nitrogen and oxygen atoms in total. The fraction of sp³-hybridized carbons (Fsp3) is 0.375. The first-order valence-electron chi connectivity index (χ1n) is 2.72. The summed E-state index contributed by atoms with van der Waals surface area (Å²) in [6.45, 7) is 13.3. The van der Waals surface area contributed by atoms with Crippen molar-refractivity contribution in [3.63, 3.8) is 0 Å². The van der Waals surface area contributed by atoms with Crippen LogP contribution >= 0.6 is 9.53 Å². The van der Waals surface area contributed by atoms with Gasteiger partial charge in [0.2, 0.25) is 0 Å². The monoisotopic (exact) mass is 401 g/mol. The first kappa shape index (κ1) is 37.1. The molecule has 0 N–H and O–H groups in total.